The smallest absolute Gasteiger partial charge is 0.251 e. The molecule has 1 aromatic heterocycles. The summed E-state index contributed by atoms with van der Waals surface area (Å²) in [6, 6.07) is 6.11. The van der Waals surface area contributed by atoms with Crippen molar-refractivity contribution in [1.29, 1.82) is 0 Å². The fraction of sp³-hybridized carbons (Fsp3) is 0.286. The number of amides is 1. The number of aromatic nitrogens is 2. The zero-order valence-corrected chi connectivity index (χ0v) is 10.8. The van der Waals surface area contributed by atoms with Crippen LogP contribution in [0.15, 0.2) is 30.6 Å². The zero-order chi connectivity index (χ0) is 13.2. The molecule has 0 spiro atoms. The maximum Gasteiger partial charge on any atom is 0.251 e. The second kappa shape index (κ2) is 4.76. The summed E-state index contributed by atoms with van der Waals surface area (Å²) in [5.74, 6) is 0.852. The monoisotopic (exact) mass is 256 g/mol. The highest BCUT2D eigenvalue weighted by molar-refractivity contribution is 5.96. The number of carbonyl (C=O) groups is 1. The van der Waals surface area contributed by atoms with E-state index in [9.17, 15) is 4.79 Å². The Morgan fingerprint density at radius 3 is 3.21 bits per heavy atom. The molecule has 19 heavy (non-hydrogen) atoms. The van der Waals surface area contributed by atoms with E-state index in [0.29, 0.717) is 6.54 Å². The van der Waals surface area contributed by atoms with Crippen molar-refractivity contribution in [3.05, 3.63) is 47.3 Å². The van der Waals surface area contributed by atoms with E-state index in [-0.39, 0.29) is 5.91 Å². The van der Waals surface area contributed by atoms with E-state index >= 15 is 0 Å². The van der Waals surface area contributed by atoms with Gasteiger partial charge in [0, 0.05) is 31.5 Å². The van der Waals surface area contributed by atoms with E-state index in [2.05, 4.69) is 27.8 Å². The van der Waals surface area contributed by atoms with Crippen LogP contribution >= 0.6 is 0 Å². The molecule has 3 rings (SSSR count). The molecule has 0 bridgehead atoms. The number of nitrogens with zero attached hydrogens (tertiary/aromatic N) is 2. The standard InChI is InChI=1S/C14H16N4O/c1-15-14-17-6-7-18(14)9-10-2-3-11-4-5-16-13(19)12(11)8-10/h2-3,6-8H,4-5,9H2,1H3,(H,15,17)(H,16,19). The normalized spacial score (nSPS) is 13.8. The average molecular weight is 256 g/mol. The van der Waals surface area contributed by atoms with Crippen molar-refractivity contribution in [2.45, 2.75) is 13.0 Å². The van der Waals surface area contributed by atoms with Crippen LogP contribution in [-0.4, -0.2) is 29.1 Å². The molecule has 1 aliphatic rings. The van der Waals surface area contributed by atoms with Crippen molar-refractivity contribution in [2.75, 3.05) is 18.9 Å². The van der Waals surface area contributed by atoms with Crippen molar-refractivity contribution in [2.24, 2.45) is 0 Å². The first-order valence-electron chi connectivity index (χ1n) is 6.37. The zero-order valence-electron chi connectivity index (χ0n) is 10.8. The largest absolute Gasteiger partial charge is 0.359 e. The quantitative estimate of drug-likeness (QED) is 0.869. The van der Waals surface area contributed by atoms with Crippen molar-refractivity contribution in [3.8, 4) is 0 Å². The number of rotatable bonds is 3. The molecule has 5 heteroatoms. The molecule has 98 valence electrons. The molecule has 0 saturated heterocycles. The molecular weight excluding hydrogens is 240 g/mol. The van der Waals surface area contributed by atoms with Crippen molar-refractivity contribution in [1.82, 2.24) is 14.9 Å². The van der Waals surface area contributed by atoms with E-state index in [1.54, 1.807) is 6.20 Å². The van der Waals surface area contributed by atoms with Crippen LogP contribution in [-0.2, 0) is 13.0 Å². The first-order valence-corrected chi connectivity index (χ1v) is 6.37. The third-order valence-corrected chi connectivity index (χ3v) is 3.39. The van der Waals surface area contributed by atoms with Crippen molar-refractivity contribution < 1.29 is 4.79 Å². The second-order valence-corrected chi connectivity index (χ2v) is 4.63. The number of hydrogen-bond acceptors (Lipinski definition) is 3. The molecule has 0 unspecified atom stereocenters. The lowest BCUT2D eigenvalue weighted by atomic mass is 9.98. The van der Waals surface area contributed by atoms with Gasteiger partial charge in [-0.05, 0) is 23.6 Å². The fourth-order valence-corrected chi connectivity index (χ4v) is 2.42. The summed E-state index contributed by atoms with van der Waals surface area (Å²) < 4.78 is 2.02. The highest BCUT2D eigenvalue weighted by Gasteiger charge is 2.16. The predicted molar refractivity (Wildman–Crippen MR) is 73.4 cm³/mol. The van der Waals surface area contributed by atoms with Crippen LogP contribution in [0.5, 0.6) is 0 Å². The molecule has 5 nitrogen and oxygen atoms in total. The van der Waals surface area contributed by atoms with Gasteiger partial charge >= 0.3 is 0 Å². The van der Waals surface area contributed by atoms with Crippen LogP contribution < -0.4 is 10.6 Å². The molecule has 2 aromatic rings. The molecule has 0 saturated carbocycles. The minimum absolute atomic E-state index is 0.0302. The highest BCUT2D eigenvalue weighted by Crippen LogP contribution is 2.17. The number of anilines is 1. The van der Waals surface area contributed by atoms with Crippen LogP contribution in [0.3, 0.4) is 0 Å². The van der Waals surface area contributed by atoms with Crippen molar-refractivity contribution >= 4 is 11.9 Å². The summed E-state index contributed by atoms with van der Waals surface area (Å²) in [6.07, 6.45) is 4.59. The highest BCUT2D eigenvalue weighted by atomic mass is 16.1. The molecule has 0 radical (unpaired) electrons. The van der Waals surface area contributed by atoms with Crippen LogP contribution in [0.2, 0.25) is 0 Å². The Morgan fingerprint density at radius 2 is 2.37 bits per heavy atom. The number of benzene rings is 1. The Kier molecular flexibility index (Phi) is 2.95. The molecule has 0 aliphatic carbocycles. The SMILES string of the molecule is CNc1nccn1Cc1ccc2c(c1)C(=O)NCC2. The van der Waals surface area contributed by atoms with Gasteiger partial charge in [-0.1, -0.05) is 12.1 Å². The maximum atomic E-state index is 11.8. The summed E-state index contributed by atoms with van der Waals surface area (Å²) in [4.78, 5) is 16.0. The molecule has 0 atom stereocenters. The van der Waals surface area contributed by atoms with E-state index in [0.717, 1.165) is 35.6 Å². The van der Waals surface area contributed by atoms with Gasteiger partial charge in [0.1, 0.15) is 0 Å². The van der Waals surface area contributed by atoms with Gasteiger partial charge in [-0.25, -0.2) is 4.98 Å². The van der Waals surface area contributed by atoms with Crippen LogP contribution in [0.25, 0.3) is 0 Å². The van der Waals surface area contributed by atoms with Gasteiger partial charge in [0.25, 0.3) is 5.91 Å². The van der Waals surface area contributed by atoms with Gasteiger partial charge < -0.3 is 15.2 Å². The third kappa shape index (κ3) is 2.19. The van der Waals surface area contributed by atoms with Crippen LogP contribution in [0.4, 0.5) is 5.95 Å². The summed E-state index contributed by atoms with van der Waals surface area (Å²) in [5, 5.41) is 5.92. The topological polar surface area (TPSA) is 59.0 Å². The lowest BCUT2D eigenvalue weighted by Crippen LogP contribution is -2.31. The number of fused-ring (bicyclic) bond motifs is 1. The summed E-state index contributed by atoms with van der Waals surface area (Å²) in [5.41, 5.74) is 3.03. The predicted octanol–water partition coefficient (Wildman–Crippen LogP) is 1.26. The Labute approximate surface area is 111 Å². The second-order valence-electron chi connectivity index (χ2n) is 4.63. The Bertz CT molecular complexity index is 618. The summed E-state index contributed by atoms with van der Waals surface area (Å²) in [7, 11) is 1.85. The molecule has 2 N–H and O–H groups in total. The van der Waals surface area contributed by atoms with Gasteiger partial charge in [0.2, 0.25) is 5.95 Å². The maximum absolute atomic E-state index is 11.8. The van der Waals surface area contributed by atoms with Gasteiger partial charge in [-0.2, -0.15) is 0 Å². The van der Waals surface area contributed by atoms with Gasteiger partial charge in [-0.3, -0.25) is 4.79 Å². The minimum atomic E-state index is 0.0302. The molecule has 1 aromatic carbocycles. The summed E-state index contributed by atoms with van der Waals surface area (Å²) >= 11 is 0. The first-order chi connectivity index (χ1) is 9.28. The average Bonchev–Trinajstić information content (AvgIpc) is 2.87. The molecule has 1 amide bonds. The van der Waals surface area contributed by atoms with E-state index in [1.165, 1.54) is 0 Å². The lowest BCUT2D eigenvalue weighted by Gasteiger charge is -2.17. The van der Waals surface area contributed by atoms with Gasteiger partial charge in [0.15, 0.2) is 0 Å². The van der Waals surface area contributed by atoms with Crippen molar-refractivity contribution in [3.63, 3.8) is 0 Å². The number of nitrogens with one attached hydrogen (secondary N) is 2. The Balaban J connectivity index is 1.90. The van der Waals surface area contributed by atoms with E-state index in [1.807, 2.05) is 23.9 Å². The fourth-order valence-electron chi connectivity index (χ4n) is 2.42. The van der Waals surface area contributed by atoms with Crippen LogP contribution in [0, 0.1) is 0 Å². The summed E-state index contributed by atoms with van der Waals surface area (Å²) in [6.45, 7) is 1.44. The Morgan fingerprint density at radius 1 is 1.47 bits per heavy atom. The van der Waals surface area contributed by atoms with Gasteiger partial charge in [-0.15, -0.1) is 0 Å². The van der Waals surface area contributed by atoms with E-state index in [4.69, 9.17) is 0 Å². The molecule has 2 heterocycles. The molecule has 0 fully saturated rings. The van der Waals surface area contributed by atoms with Crippen LogP contribution in [0.1, 0.15) is 21.5 Å². The van der Waals surface area contributed by atoms with Gasteiger partial charge in [0.05, 0.1) is 6.54 Å². The molecule has 1 aliphatic heterocycles. The third-order valence-electron chi connectivity index (χ3n) is 3.39. The first kappa shape index (κ1) is 11.8. The number of hydrogen-bond donors (Lipinski definition) is 2. The number of carbonyl (C=O) groups excluding carboxylic acids is 1. The van der Waals surface area contributed by atoms with E-state index < -0.39 is 0 Å². The lowest BCUT2D eigenvalue weighted by molar-refractivity contribution is 0.0946. The Hall–Kier alpha value is -2.30. The molecular formula is C14H16N4O. The minimum Gasteiger partial charge on any atom is -0.359 e. The number of imidazole rings is 1.